The van der Waals surface area contributed by atoms with Crippen LogP contribution in [0.4, 0.5) is 0 Å². The second kappa shape index (κ2) is 22.9. The molecule has 0 rings (SSSR count). The highest BCUT2D eigenvalue weighted by atomic mass is 28.2. The Bertz CT molecular complexity index is 264. The van der Waals surface area contributed by atoms with Gasteiger partial charge in [-0.25, -0.2) is 0 Å². The molecule has 0 unspecified atom stereocenters. The smallest absolute Gasteiger partial charge is 0.145 e. The Hall–Kier alpha value is 0.177. The van der Waals surface area contributed by atoms with Gasteiger partial charge in [0.05, 0.1) is 0 Å². The van der Waals surface area contributed by atoms with Gasteiger partial charge in [-0.3, -0.25) is 0 Å². The van der Waals surface area contributed by atoms with E-state index in [2.05, 4.69) is 20.8 Å². The average Bonchev–Trinajstić information content (AvgIpc) is 2.74. The molecule has 0 aromatic heterocycles. The Morgan fingerprint density at radius 1 is 0.448 bits per heavy atom. The normalized spacial score (nSPS) is 12.1. The summed E-state index contributed by atoms with van der Waals surface area (Å²) in [7, 11) is 0.902. The van der Waals surface area contributed by atoms with Gasteiger partial charge in [0.2, 0.25) is 0 Å². The van der Waals surface area contributed by atoms with Gasteiger partial charge in [0.1, 0.15) is 10.5 Å². The summed E-state index contributed by atoms with van der Waals surface area (Å²) in [5, 5.41) is 0. The van der Waals surface area contributed by atoms with Crippen LogP contribution in [0.3, 0.4) is 0 Å². The van der Waals surface area contributed by atoms with Gasteiger partial charge in [-0.05, 0) is 31.1 Å². The van der Waals surface area contributed by atoms with E-state index in [1.165, 1.54) is 141 Å². The van der Waals surface area contributed by atoms with E-state index in [0.717, 1.165) is 17.1 Å². The Kier molecular flexibility index (Phi) is 23.0. The van der Waals surface area contributed by atoms with E-state index >= 15 is 0 Å². The predicted molar refractivity (Wildman–Crippen MR) is 137 cm³/mol. The molecule has 176 valence electrons. The first-order chi connectivity index (χ1) is 14.2. The molecule has 0 saturated heterocycles. The highest BCUT2D eigenvalue weighted by Crippen LogP contribution is 2.40. The molecule has 0 saturated carbocycles. The quantitative estimate of drug-likeness (QED) is 0.110. The molecule has 2 heteroatoms. The van der Waals surface area contributed by atoms with Crippen molar-refractivity contribution < 1.29 is 4.43 Å². The maximum atomic E-state index is 5.71. The number of unbranched alkanes of at least 4 members (excludes halogenated alkanes) is 15. The van der Waals surface area contributed by atoms with E-state index in [0.29, 0.717) is 5.41 Å². The van der Waals surface area contributed by atoms with Crippen molar-refractivity contribution in [3.63, 3.8) is 0 Å². The van der Waals surface area contributed by atoms with E-state index < -0.39 is 0 Å². The van der Waals surface area contributed by atoms with Crippen LogP contribution in [0.15, 0.2) is 0 Å². The Labute approximate surface area is 189 Å². The van der Waals surface area contributed by atoms with E-state index in [-0.39, 0.29) is 0 Å². The van der Waals surface area contributed by atoms with Gasteiger partial charge in [-0.1, -0.05) is 136 Å². The first-order valence-electron chi connectivity index (χ1n) is 13.7. The lowest BCUT2D eigenvalue weighted by Gasteiger charge is -2.35. The van der Waals surface area contributed by atoms with Crippen molar-refractivity contribution in [2.45, 2.75) is 162 Å². The maximum Gasteiger partial charge on any atom is 0.145 e. The van der Waals surface area contributed by atoms with Gasteiger partial charge in [0.25, 0.3) is 0 Å². The Balaban J connectivity index is 4.52. The fourth-order valence-corrected chi connectivity index (χ4v) is 5.11. The molecule has 0 fully saturated rings. The molecule has 0 N–H and O–H groups in total. The molecule has 0 atom stereocenters. The Morgan fingerprint density at radius 3 is 1.07 bits per heavy atom. The minimum atomic E-state index is 0.588. The van der Waals surface area contributed by atoms with Gasteiger partial charge in [-0.2, -0.15) is 0 Å². The summed E-state index contributed by atoms with van der Waals surface area (Å²) >= 11 is 0. The fourth-order valence-electron chi connectivity index (χ4n) is 4.91. The summed E-state index contributed by atoms with van der Waals surface area (Å²) in [4.78, 5) is 0. The number of hydrogen-bond donors (Lipinski definition) is 0. The summed E-state index contributed by atoms with van der Waals surface area (Å²) < 4.78 is 5.71. The average molecular weight is 427 g/mol. The molecule has 0 aliphatic heterocycles. The number of hydrogen-bond acceptors (Lipinski definition) is 1. The van der Waals surface area contributed by atoms with Crippen LogP contribution in [-0.2, 0) is 4.43 Å². The van der Waals surface area contributed by atoms with Crippen molar-refractivity contribution in [3.8, 4) is 0 Å². The molecular weight excluding hydrogens is 368 g/mol. The monoisotopic (exact) mass is 426 g/mol. The van der Waals surface area contributed by atoms with Crippen molar-refractivity contribution in [3.05, 3.63) is 0 Å². The lowest BCUT2D eigenvalue weighted by molar-refractivity contribution is 0.145. The van der Waals surface area contributed by atoms with Crippen LogP contribution in [0.1, 0.15) is 162 Å². The molecule has 0 aliphatic rings. The molecule has 0 radical (unpaired) electrons. The zero-order valence-corrected chi connectivity index (χ0v) is 23.2. The highest BCUT2D eigenvalue weighted by Gasteiger charge is 2.28. The predicted octanol–water partition coefficient (Wildman–Crippen LogP) is 8.91. The second-order valence-corrected chi connectivity index (χ2v) is 10.4. The van der Waals surface area contributed by atoms with Crippen LogP contribution in [-0.4, -0.2) is 17.1 Å². The van der Waals surface area contributed by atoms with Crippen molar-refractivity contribution in [2.24, 2.45) is 5.41 Å². The van der Waals surface area contributed by atoms with Crippen molar-refractivity contribution in [1.82, 2.24) is 0 Å². The first kappa shape index (κ1) is 29.2. The third kappa shape index (κ3) is 18.6. The van der Waals surface area contributed by atoms with Crippen LogP contribution in [0.5, 0.6) is 0 Å². The standard InChI is InChI=1S/C27H58OSi/c1-4-7-10-13-16-19-22-27(25-26-28-29,23-20-17-14-11-8-5-2)24-21-18-15-12-9-6-3/h4-26H2,1-3,29H3. The van der Waals surface area contributed by atoms with Gasteiger partial charge >= 0.3 is 0 Å². The van der Waals surface area contributed by atoms with Crippen LogP contribution >= 0.6 is 0 Å². The summed E-state index contributed by atoms with van der Waals surface area (Å²) in [6.07, 6.45) is 31.5. The molecular formula is C27H58OSi. The van der Waals surface area contributed by atoms with Crippen LogP contribution in [0.2, 0.25) is 0 Å². The van der Waals surface area contributed by atoms with Crippen molar-refractivity contribution in [1.29, 1.82) is 0 Å². The molecule has 0 heterocycles. The van der Waals surface area contributed by atoms with E-state index in [4.69, 9.17) is 4.43 Å². The fraction of sp³-hybridized carbons (Fsp3) is 1.00. The van der Waals surface area contributed by atoms with E-state index in [9.17, 15) is 0 Å². The number of rotatable bonds is 24. The molecule has 0 spiro atoms. The summed E-state index contributed by atoms with van der Waals surface area (Å²) in [5.74, 6) is 0. The second-order valence-electron chi connectivity index (χ2n) is 9.80. The van der Waals surface area contributed by atoms with Crippen LogP contribution in [0.25, 0.3) is 0 Å². The minimum Gasteiger partial charge on any atom is -0.428 e. The van der Waals surface area contributed by atoms with Crippen molar-refractivity contribution >= 4 is 10.5 Å². The van der Waals surface area contributed by atoms with Gasteiger partial charge in [0, 0.05) is 6.61 Å². The summed E-state index contributed by atoms with van der Waals surface area (Å²) in [6, 6.07) is 0. The largest absolute Gasteiger partial charge is 0.428 e. The lowest BCUT2D eigenvalue weighted by atomic mass is 9.72. The summed E-state index contributed by atoms with van der Waals surface area (Å²) in [6.45, 7) is 7.98. The zero-order valence-electron chi connectivity index (χ0n) is 21.2. The molecule has 1 nitrogen and oxygen atoms in total. The molecule has 0 bridgehead atoms. The first-order valence-corrected chi connectivity index (χ1v) is 14.5. The van der Waals surface area contributed by atoms with Gasteiger partial charge < -0.3 is 4.43 Å². The van der Waals surface area contributed by atoms with Gasteiger partial charge in [-0.15, -0.1) is 0 Å². The lowest BCUT2D eigenvalue weighted by Crippen LogP contribution is -2.23. The Morgan fingerprint density at radius 2 is 0.759 bits per heavy atom. The topological polar surface area (TPSA) is 9.23 Å². The third-order valence-corrected chi connectivity index (χ3v) is 7.43. The highest BCUT2D eigenvalue weighted by molar-refractivity contribution is 5.97. The minimum absolute atomic E-state index is 0.588. The van der Waals surface area contributed by atoms with E-state index in [1.807, 2.05) is 0 Å². The molecule has 0 aliphatic carbocycles. The molecule has 0 aromatic carbocycles. The van der Waals surface area contributed by atoms with Gasteiger partial charge in [0.15, 0.2) is 0 Å². The molecule has 0 aromatic rings. The van der Waals surface area contributed by atoms with E-state index in [1.54, 1.807) is 0 Å². The molecule has 0 amide bonds. The molecule has 29 heavy (non-hydrogen) atoms. The SMILES string of the molecule is CCCCCCCCC(CCCCCCCC)(CCCCCCCC)CCO[SiH3]. The van der Waals surface area contributed by atoms with Crippen LogP contribution in [0, 0.1) is 5.41 Å². The summed E-state index contributed by atoms with van der Waals surface area (Å²) in [5.41, 5.74) is 0.588. The van der Waals surface area contributed by atoms with Crippen LogP contribution < -0.4 is 0 Å². The zero-order chi connectivity index (χ0) is 21.5. The third-order valence-electron chi connectivity index (χ3n) is 7.02. The van der Waals surface area contributed by atoms with Crippen molar-refractivity contribution in [2.75, 3.05) is 6.61 Å². The maximum absolute atomic E-state index is 5.71.